The third-order valence-corrected chi connectivity index (χ3v) is 3.93. The number of thioether (sulfide) groups is 1. The highest BCUT2D eigenvalue weighted by Gasteiger charge is 2.14. The molecule has 0 aliphatic heterocycles. The van der Waals surface area contributed by atoms with Gasteiger partial charge < -0.3 is 15.4 Å². The van der Waals surface area contributed by atoms with Crippen molar-refractivity contribution in [1.82, 2.24) is 10.6 Å². The van der Waals surface area contributed by atoms with Crippen molar-refractivity contribution in [3.63, 3.8) is 0 Å². The van der Waals surface area contributed by atoms with Gasteiger partial charge in [0.05, 0.1) is 12.4 Å². The second-order valence-corrected chi connectivity index (χ2v) is 5.78. The van der Waals surface area contributed by atoms with Crippen LogP contribution < -0.4 is 15.4 Å². The maximum Gasteiger partial charge on any atom is 0.233 e. The Labute approximate surface area is 119 Å². The second kappa shape index (κ2) is 8.07. The molecule has 0 bridgehead atoms. The summed E-state index contributed by atoms with van der Waals surface area (Å²) in [6.45, 7) is 4.58. The molecule has 0 saturated heterocycles. The van der Waals surface area contributed by atoms with E-state index in [2.05, 4.69) is 10.6 Å². The summed E-state index contributed by atoms with van der Waals surface area (Å²) in [6, 6.07) is 8.00. The Hall–Kier alpha value is -1.20. The SMILES string of the molecule is CNC(C)CNC(=O)C(C)Sc1ccc(OC)cc1. The number of likely N-dealkylation sites (N-methyl/N-ethyl adjacent to an activating group) is 1. The molecule has 1 aromatic rings. The fourth-order valence-electron chi connectivity index (χ4n) is 1.41. The number of carbonyl (C=O) groups is 1. The molecule has 1 amide bonds. The quantitative estimate of drug-likeness (QED) is 0.750. The molecule has 1 aromatic carbocycles. The number of amides is 1. The van der Waals surface area contributed by atoms with E-state index in [-0.39, 0.29) is 17.2 Å². The molecule has 0 spiro atoms. The minimum Gasteiger partial charge on any atom is -0.497 e. The second-order valence-electron chi connectivity index (χ2n) is 4.37. The molecule has 0 aromatic heterocycles. The normalized spacial score (nSPS) is 13.7. The minimum atomic E-state index is -0.113. The highest BCUT2D eigenvalue weighted by Crippen LogP contribution is 2.25. The first-order valence-electron chi connectivity index (χ1n) is 6.32. The van der Waals surface area contributed by atoms with Crippen molar-refractivity contribution in [2.45, 2.75) is 30.0 Å². The Morgan fingerprint density at radius 2 is 1.95 bits per heavy atom. The zero-order chi connectivity index (χ0) is 14.3. The summed E-state index contributed by atoms with van der Waals surface area (Å²) in [7, 11) is 3.52. The zero-order valence-electron chi connectivity index (χ0n) is 11.9. The third-order valence-electron chi connectivity index (χ3n) is 2.82. The first-order valence-corrected chi connectivity index (χ1v) is 7.20. The van der Waals surface area contributed by atoms with Crippen molar-refractivity contribution in [3.8, 4) is 5.75 Å². The number of hydrogen-bond acceptors (Lipinski definition) is 4. The van der Waals surface area contributed by atoms with Gasteiger partial charge in [-0.2, -0.15) is 0 Å². The fraction of sp³-hybridized carbons (Fsp3) is 0.500. The van der Waals surface area contributed by atoms with Crippen LogP contribution in [0.2, 0.25) is 0 Å². The highest BCUT2D eigenvalue weighted by molar-refractivity contribution is 8.00. The van der Waals surface area contributed by atoms with E-state index in [1.807, 2.05) is 45.2 Å². The van der Waals surface area contributed by atoms with Crippen molar-refractivity contribution in [1.29, 1.82) is 0 Å². The first-order chi connectivity index (χ1) is 9.06. The predicted octanol–water partition coefficient (Wildman–Crippen LogP) is 1.90. The van der Waals surface area contributed by atoms with Crippen molar-refractivity contribution in [2.24, 2.45) is 0 Å². The van der Waals surface area contributed by atoms with E-state index in [0.717, 1.165) is 10.6 Å². The summed E-state index contributed by atoms with van der Waals surface area (Å²) in [5.41, 5.74) is 0. The Bertz CT molecular complexity index is 395. The molecule has 0 heterocycles. The van der Waals surface area contributed by atoms with Crippen LogP contribution in [-0.2, 0) is 4.79 Å². The van der Waals surface area contributed by atoms with Gasteiger partial charge in [-0.25, -0.2) is 0 Å². The van der Waals surface area contributed by atoms with Crippen molar-refractivity contribution in [2.75, 3.05) is 20.7 Å². The molecule has 1 rings (SSSR count). The maximum atomic E-state index is 11.9. The topological polar surface area (TPSA) is 50.4 Å². The number of rotatable bonds is 7. The highest BCUT2D eigenvalue weighted by atomic mass is 32.2. The van der Waals surface area contributed by atoms with Gasteiger partial charge in [0.1, 0.15) is 5.75 Å². The van der Waals surface area contributed by atoms with E-state index in [0.29, 0.717) is 6.54 Å². The molecule has 0 saturated carbocycles. The van der Waals surface area contributed by atoms with Crippen molar-refractivity contribution in [3.05, 3.63) is 24.3 Å². The monoisotopic (exact) mass is 282 g/mol. The molecular formula is C14H22N2O2S. The van der Waals surface area contributed by atoms with Crippen LogP contribution in [0.4, 0.5) is 0 Å². The van der Waals surface area contributed by atoms with E-state index in [9.17, 15) is 4.79 Å². The van der Waals surface area contributed by atoms with Crippen LogP contribution in [0, 0.1) is 0 Å². The predicted molar refractivity (Wildman–Crippen MR) is 79.8 cm³/mol. The van der Waals surface area contributed by atoms with Crippen LogP contribution in [-0.4, -0.2) is 37.9 Å². The Balaban J connectivity index is 2.44. The lowest BCUT2D eigenvalue weighted by Gasteiger charge is -2.15. The largest absolute Gasteiger partial charge is 0.497 e. The number of hydrogen-bond donors (Lipinski definition) is 2. The summed E-state index contributed by atoms with van der Waals surface area (Å²) >= 11 is 1.54. The van der Waals surface area contributed by atoms with Crippen LogP contribution in [0.15, 0.2) is 29.2 Å². The van der Waals surface area contributed by atoms with E-state index >= 15 is 0 Å². The molecule has 0 radical (unpaired) electrons. The van der Waals surface area contributed by atoms with E-state index in [4.69, 9.17) is 4.74 Å². The third kappa shape index (κ3) is 5.53. The molecule has 0 aliphatic rings. The molecule has 106 valence electrons. The van der Waals surface area contributed by atoms with Gasteiger partial charge in [-0.1, -0.05) is 0 Å². The van der Waals surface area contributed by atoms with Gasteiger partial charge in [0.2, 0.25) is 5.91 Å². The van der Waals surface area contributed by atoms with Gasteiger partial charge in [0.25, 0.3) is 0 Å². The summed E-state index contributed by atoms with van der Waals surface area (Å²) in [4.78, 5) is 13.0. The lowest BCUT2D eigenvalue weighted by molar-refractivity contribution is -0.120. The lowest BCUT2D eigenvalue weighted by atomic mass is 10.3. The van der Waals surface area contributed by atoms with Gasteiger partial charge in [0, 0.05) is 17.5 Å². The summed E-state index contributed by atoms with van der Waals surface area (Å²) in [5, 5.41) is 5.90. The molecule has 2 N–H and O–H groups in total. The Morgan fingerprint density at radius 1 is 1.32 bits per heavy atom. The summed E-state index contributed by atoms with van der Waals surface area (Å²) < 4.78 is 5.10. The van der Waals surface area contributed by atoms with Crippen molar-refractivity contribution < 1.29 is 9.53 Å². The molecule has 5 heteroatoms. The fourth-order valence-corrected chi connectivity index (χ4v) is 2.30. The molecule has 2 unspecified atom stereocenters. The summed E-state index contributed by atoms with van der Waals surface area (Å²) in [6.07, 6.45) is 0. The Kier molecular flexibility index (Phi) is 6.73. The number of nitrogens with one attached hydrogen (secondary N) is 2. The zero-order valence-corrected chi connectivity index (χ0v) is 12.7. The number of carbonyl (C=O) groups excluding carboxylic acids is 1. The van der Waals surface area contributed by atoms with Gasteiger partial charge >= 0.3 is 0 Å². The standard InChI is InChI=1S/C14H22N2O2S/c1-10(15-3)9-16-14(17)11(2)19-13-7-5-12(18-4)6-8-13/h5-8,10-11,15H,9H2,1-4H3,(H,16,17). The molecule has 2 atom stereocenters. The minimum absolute atomic E-state index is 0.0583. The van der Waals surface area contributed by atoms with Gasteiger partial charge in [-0.15, -0.1) is 11.8 Å². The van der Waals surface area contributed by atoms with Crippen LogP contribution in [0.5, 0.6) is 5.75 Å². The van der Waals surface area contributed by atoms with E-state index in [1.54, 1.807) is 18.9 Å². The van der Waals surface area contributed by atoms with E-state index < -0.39 is 0 Å². The van der Waals surface area contributed by atoms with Crippen LogP contribution in [0.3, 0.4) is 0 Å². The number of methoxy groups -OCH3 is 1. The number of ether oxygens (including phenoxy) is 1. The van der Waals surface area contributed by atoms with Gasteiger partial charge in [0.15, 0.2) is 0 Å². The Morgan fingerprint density at radius 3 is 2.47 bits per heavy atom. The molecule has 0 aliphatic carbocycles. The van der Waals surface area contributed by atoms with Crippen LogP contribution >= 0.6 is 11.8 Å². The first kappa shape index (κ1) is 15.9. The molecule has 0 fully saturated rings. The maximum absolute atomic E-state index is 11.9. The van der Waals surface area contributed by atoms with Crippen molar-refractivity contribution >= 4 is 17.7 Å². The summed E-state index contributed by atoms with van der Waals surface area (Å²) in [5.74, 6) is 0.882. The van der Waals surface area contributed by atoms with Gasteiger partial charge in [-0.3, -0.25) is 4.79 Å². The van der Waals surface area contributed by atoms with Crippen LogP contribution in [0.25, 0.3) is 0 Å². The number of benzene rings is 1. The lowest BCUT2D eigenvalue weighted by Crippen LogP contribution is -2.40. The van der Waals surface area contributed by atoms with E-state index in [1.165, 1.54) is 0 Å². The smallest absolute Gasteiger partial charge is 0.233 e. The average Bonchev–Trinajstić information content (AvgIpc) is 2.44. The van der Waals surface area contributed by atoms with Crippen LogP contribution in [0.1, 0.15) is 13.8 Å². The molecule has 19 heavy (non-hydrogen) atoms. The average molecular weight is 282 g/mol. The molecule has 4 nitrogen and oxygen atoms in total. The molecular weight excluding hydrogens is 260 g/mol. The van der Waals surface area contributed by atoms with Gasteiger partial charge in [-0.05, 0) is 45.2 Å².